The maximum atomic E-state index is 6.02. The Hall–Kier alpha value is -4.34. The minimum Gasteiger partial charge on any atom is -0.456 e. The molecule has 174 valence electrons. The number of hydrogen-bond donors (Lipinski definition) is 1. The molecule has 2 nitrogen and oxygen atoms in total. The molecule has 3 aromatic carbocycles. The fourth-order valence-electron chi connectivity index (χ4n) is 4.46. The van der Waals surface area contributed by atoms with E-state index in [1.807, 2.05) is 18.2 Å². The topological polar surface area (TPSA) is 39.2 Å². The highest BCUT2D eigenvalue weighted by atomic mass is 32.1. The molecular formula is C33H25NOS. The van der Waals surface area contributed by atoms with Crippen molar-refractivity contribution in [3.05, 3.63) is 139 Å². The molecule has 0 atom stereocenters. The van der Waals surface area contributed by atoms with Gasteiger partial charge < -0.3 is 10.2 Å². The maximum Gasteiger partial charge on any atom is 0.135 e. The van der Waals surface area contributed by atoms with Crippen LogP contribution in [0.4, 0.5) is 0 Å². The van der Waals surface area contributed by atoms with Gasteiger partial charge >= 0.3 is 0 Å². The first-order valence-electron chi connectivity index (χ1n) is 12.0. The fourth-order valence-corrected chi connectivity index (χ4v) is 5.48. The van der Waals surface area contributed by atoms with Crippen LogP contribution in [0.25, 0.3) is 48.7 Å². The van der Waals surface area contributed by atoms with Crippen LogP contribution in [0, 0.1) is 0 Å². The molecule has 5 aromatic rings. The number of thiophene rings is 1. The van der Waals surface area contributed by atoms with Crippen molar-refractivity contribution in [3.63, 3.8) is 0 Å². The smallest absolute Gasteiger partial charge is 0.135 e. The summed E-state index contributed by atoms with van der Waals surface area (Å²) in [4.78, 5) is 2.49. The minimum absolute atomic E-state index is 0.896. The molecule has 0 saturated carbocycles. The third-order valence-corrected chi connectivity index (χ3v) is 7.60. The Bertz CT molecular complexity index is 1610. The third kappa shape index (κ3) is 4.49. The van der Waals surface area contributed by atoms with Crippen LogP contribution >= 0.6 is 11.3 Å². The fraction of sp³-hybridized carbons (Fsp3) is 0.0303. The van der Waals surface area contributed by atoms with Gasteiger partial charge in [-0.1, -0.05) is 91.0 Å². The summed E-state index contributed by atoms with van der Waals surface area (Å²) in [6.45, 7) is 0. The standard InChI is InChI=1S/C33H25NOS/c34-22-29(20-23-6-2-1-3-7-23)24-10-14-26(15-11-24)32-18-19-33(36-32)27-16-12-25(13-17-27)31-21-28-8-4-5-9-30(28)35-31/h1-6,8-22H,7,34H2/b23-20-,29-22+. The lowest BCUT2D eigenvalue weighted by atomic mass is 9.99. The Kier molecular flexibility index (Phi) is 5.98. The van der Waals surface area contributed by atoms with Crippen LogP contribution in [0.2, 0.25) is 0 Å². The van der Waals surface area contributed by atoms with Crippen molar-refractivity contribution in [2.24, 2.45) is 5.73 Å². The predicted octanol–water partition coefficient (Wildman–Crippen LogP) is 9.24. The molecule has 0 aliphatic heterocycles. The van der Waals surface area contributed by atoms with E-state index in [-0.39, 0.29) is 0 Å². The van der Waals surface area contributed by atoms with E-state index in [0.29, 0.717) is 0 Å². The number of nitrogens with two attached hydrogens (primary N) is 1. The van der Waals surface area contributed by atoms with Crippen LogP contribution < -0.4 is 5.73 Å². The van der Waals surface area contributed by atoms with Crippen molar-refractivity contribution in [2.75, 3.05) is 0 Å². The van der Waals surface area contributed by atoms with E-state index in [0.717, 1.165) is 39.9 Å². The van der Waals surface area contributed by atoms with Gasteiger partial charge in [-0.3, -0.25) is 0 Å². The van der Waals surface area contributed by atoms with Crippen LogP contribution in [0.5, 0.6) is 0 Å². The highest BCUT2D eigenvalue weighted by Crippen LogP contribution is 2.36. The Balaban J connectivity index is 1.20. The Morgan fingerprint density at radius 3 is 2.14 bits per heavy atom. The van der Waals surface area contributed by atoms with Gasteiger partial charge in [-0.15, -0.1) is 11.3 Å². The lowest BCUT2D eigenvalue weighted by Crippen LogP contribution is -1.90. The Labute approximate surface area is 215 Å². The molecule has 0 bridgehead atoms. The normalized spacial score (nSPS) is 14.7. The third-order valence-electron chi connectivity index (χ3n) is 6.42. The van der Waals surface area contributed by atoms with Crippen molar-refractivity contribution in [1.82, 2.24) is 0 Å². The van der Waals surface area contributed by atoms with Crippen molar-refractivity contribution >= 4 is 27.9 Å². The highest BCUT2D eigenvalue weighted by Gasteiger charge is 2.09. The largest absolute Gasteiger partial charge is 0.456 e. The molecule has 1 aliphatic carbocycles. The Morgan fingerprint density at radius 2 is 1.47 bits per heavy atom. The second-order valence-corrected chi connectivity index (χ2v) is 9.88. The lowest BCUT2D eigenvalue weighted by Gasteiger charge is -2.07. The molecule has 2 N–H and O–H groups in total. The first kappa shape index (κ1) is 22.1. The monoisotopic (exact) mass is 483 g/mol. The van der Waals surface area contributed by atoms with E-state index >= 15 is 0 Å². The summed E-state index contributed by atoms with van der Waals surface area (Å²) in [5, 5.41) is 1.12. The van der Waals surface area contributed by atoms with Crippen molar-refractivity contribution in [3.8, 4) is 32.2 Å². The van der Waals surface area contributed by atoms with Crippen LogP contribution in [0.1, 0.15) is 12.0 Å². The first-order chi connectivity index (χ1) is 17.8. The molecule has 0 saturated heterocycles. The minimum atomic E-state index is 0.896. The molecule has 36 heavy (non-hydrogen) atoms. The average molecular weight is 484 g/mol. The molecule has 2 aromatic heterocycles. The number of fused-ring (bicyclic) bond motifs is 1. The second-order valence-electron chi connectivity index (χ2n) is 8.80. The van der Waals surface area contributed by atoms with Gasteiger partial charge in [-0.2, -0.15) is 0 Å². The van der Waals surface area contributed by atoms with Gasteiger partial charge in [0.2, 0.25) is 0 Å². The lowest BCUT2D eigenvalue weighted by molar-refractivity contribution is 0.631. The predicted molar refractivity (Wildman–Crippen MR) is 154 cm³/mol. The van der Waals surface area contributed by atoms with E-state index < -0.39 is 0 Å². The highest BCUT2D eigenvalue weighted by molar-refractivity contribution is 7.18. The van der Waals surface area contributed by atoms with Crippen LogP contribution in [-0.4, -0.2) is 0 Å². The first-order valence-corrected chi connectivity index (χ1v) is 12.8. The summed E-state index contributed by atoms with van der Waals surface area (Å²) >= 11 is 1.80. The molecular weight excluding hydrogens is 458 g/mol. The van der Waals surface area contributed by atoms with Crippen molar-refractivity contribution in [1.29, 1.82) is 0 Å². The number of para-hydroxylation sites is 1. The molecule has 0 spiro atoms. The number of rotatable bonds is 5. The summed E-state index contributed by atoms with van der Waals surface area (Å²) in [5.41, 5.74) is 13.8. The summed E-state index contributed by atoms with van der Waals surface area (Å²) < 4.78 is 6.02. The maximum absolute atomic E-state index is 6.02. The zero-order valence-electron chi connectivity index (χ0n) is 19.7. The Morgan fingerprint density at radius 1 is 0.778 bits per heavy atom. The van der Waals surface area contributed by atoms with Crippen LogP contribution in [0.15, 0.2) is 138 Å². The van der Waals surface area contributed by atoms with Gasteiger partial charge in [0.15, 0.2) is 0 Å². The zero-order valence-corrected chi connectivity index (χ0v) is 20.5. The molecule has 3 heteroatoms. The van der Waals surface area contributed by atoms with Gasteiger partial charge in [0, 0.05) is 26.9 Å². The second kappa shape index (κ2) is 9.73. The van der Waals surface area contributed by atoms with E-state index in [2.05, 4.69) is 103 Å². The van der Waals surface area contributed by atoms with Crippen LogP contribution in [-0.2, 0) is 0 Å². The van der Waals surface area contributed by atoms with Crippen molar-refractivity contribution < 1.29 is 4.42 Å². The van der Waals surface area contributed by atoms with Gasteiger partial charge in [0.25, 0.3) is 0 Å². The van der Waals surface area contributed by atoms with E-state index in [1.54, 1.807) is 17.5 Å². The SMILES string of the molecule is N/C=C(\C=C1\C=CC=CC1)c1ccc(-c2ccc(-c3ccc(-c4cc5ccccc5o4)cc3)s2)cc1. The molecule has 0 radical (unpaired) electrons. The molecule has 0 unspecified atom stereocenters. The molecule has 6 rings (SSSR count). The summed E-state index contributed by atoms with van der Waals surface area (Å²) in [7, 11) is 0. The summed E-state index contributed by atoms with van der Waals surface area (Å²) in [6, 6.07) is 31.9. The molecule has 1 aliphatic rings. The van der Waals surface area contributed by atoms with E-state index in [9.17, 15) is 0 Å². The van der Waals surface area contributed by atoms with Crippen LogP contribution in [0.3, 0.4) is 0 Å². The summed E-state index contributed by atoms with van der Waals surface area (Å²) in [6.07, 6.45) is 13.2. The number of benzene rings is 3. The zero-order chi connectivity index (χ0) is 24.3. The molecule has 0 fully saturated rings. The van der Waals surface area contributed by atoms with Gasteiger partial charge in [0.1, 0.15) is 11.3 Å². The van der Waals surface area contributed by atoms with Gasteiger partial charge in [-0.05, 0) is 64.6 Å². The van der Waals surface area contributed by atoms with Crippen molar-refractivity contribution in [2.45, 2.75) is 6.42 Å². The van der Waals surface area contributed by atoms with E-state index in [1.165, 1.54) is 26.5 Å². The van der Waals surface area contributed by atoms with E-state index in [4.69, 9.17) is 10.2 Å². The van der Waals surface area contributed by atoms with Gasteiger partial charge in [-0.25, -0.2) is 0 Å². The quantitative estimate of drug-likeness (QED) is 0.270. The average Bonchev–Trinajstić information content (AvgIpc) is 3.61. The summed E-state index contributed by atoms with van der Waals surface area (Å²) in [5.74, 6) is 0.896. The number of furan rings is 1. The molecule has 2 heterocycles. The van der Waals surface area contributed by atoms with Gasteiger partial charge in [0.05, 0.1) is 0 Å². The molecule has 0 amide bonds. The number of allylic oxidation sites excluding steroid dienone is 7. The number of hydrogen-bond acceptors (Lipinski definition) is 3.